The van der Waals surface area contributed by atoms with Crippen molar-refractivity contribution in [2.45, 2.75) is 24.0 Å². The zero-order valence-corrected chi connectivity index (χ0v) is 22.7. The number of halogens is 2. The zero-order chi connectivity index (χ0) is 26.0. The average molecular weight is 564 g/mol. The number of hydrogen-bond acceptors (Lipinski definition) is 6. The lowest BCUT2D eigenvalue weighted by atomic mass is 10.1. The van der Waals surface area contributed by atoms with E-state index in [-0.39, 0.29) is 35.1 Å². The number of amides is 2. The molecular weight excluding hydrogens is 535 g/mol. The van der Waals surface area contributed by atoms with Crippen LogP contribution in [-0.2, 0) is 27.7 Å². The van der Waals surface area contributed by atoms with Gasteiger partial charge in [-0.3, -0.25) is 9.59 Å². The van der Waals surface area contributed by atoms with Gasteiger partial charge in [-0.05, 0) is 35.4 Å². The van der Waals surface area contributed by atoms with Gasteiger partial charge in [0.2, 0.25) is 5.91 Å². The molecule has 1 aliphatic heterocycles. The van der Waals surface area contributed by atoms with Crippen LogP contribution in [-0.4, -0.2) is 46.1 Å². The summed E-state index contributed by atoms with van der Waals surface area (Å²) >= 11 is 6.00. The first kappa shape index (κ1) is 28.5. The molecule has 1 aliphatic rings. The largest absolute Gasteiger partial charge is 0.377 e. The molecule has 8 nitrogen and oxygen atoms in total. The summed E-state index contributed by atoms with van der Waals surface area (Å²) in [7, 11) is -0.466. The van der Waals surface area contributed by atoms with Gasteiger partial charge in [0.05, 0.1) is 40.2 Å². The van der Waals surface area contributed by atoms with E-state index in [0.29, 0.717) is 17.3 Å². The van der Waals surface area contributed by atoms with E-state index >= 15 is 0 Å². The molecule has 0 radical (unpaired) electrons. The summed E-state index contributed by atoms with van der Waals surface area (Å²) in [5.74, 6) is -1.46. The van der Waals surface area contributed by atoms with Gasteiger partial charge in [-0.25, -0.2) is 8.42 Å². The molecule has 1 heterocycles. The fourth-order valence-corrected chi connectivity index (χ4v) is 5.79. The van der Waals surface area contributed by atoms with Crippen LogP contribution >= 0.6 is 24.0 Å². The van der Waals surface area contributed by atoms with Gasteiger partial charge < -0.3 is 20.9 Å². The molecule has 0 aliphatic carbocycles. The molecule has 11 heteroatoms. The van der Waals surface area contributed by atoms with Crippen LogP contribution in [0.15, 0.2) is 71.6 Å². The Labute approximate surface area is 227 Å². The molecule has 0 unspecified atom stereocenters. The Kier molecular flexibility index (Phi) is 8.86. The van der Waals surface area contributed by atoms with Crippen LogP contribution < -0.4 is 20.9 Å². The predicted octanol–water partition coefficient (Wildman–Crippen LogP) is 3.41. The number of sulfone groups is 1. The van der Waals surface area contributed by atoms with Crippen molar-refractivity contribution in [3.63, 3.8) is 0 Å². The standard InChI is InChI=1S/C26H27ClN4O4S.ClH/c1-30(2)22-13-24-23(12-20(22)25(32)29-14-17-6-4-3-5-7-17)31(15-18-8-10-19(27)11-9-18)26(33)21(28)16-36(24,34)35;/h3-13,21H,14-16,28H2,1-2H3,(H,29,32);1H/t21-;/m0./s1. The Bertz CT molecular complexity index is 1400. The molecule has 37 heavy (non-hydrogen) atoms. The third-order valence-electron chi connectivity index (χ3n) is 5.96. The molecule has 196 valence electrons. The highest BCUT2D eigenvalue weighted by Crippen LogP contribution is 2.37. The van der Waals surface area contributed by atoms with Gasteiger partial charge in [-0.15, -0.1) is 12.4 Å². The highest BCUT2D eigenvalue weighted by atomic mass is 35.5. The monoisotopic (exact) mass is 562 g/mol. The third-order valence-corrected chi connectivity index (χ3v) is 8.01. The summed E-state index contributed by atoms with van der Waals surface area (Å²) in [6.07, 6.45) is 0. The van der Waals surface area contributed by atoms with Crippen molar-refractivity contribution < 1.29 is 18.0 Å². The van der Waals surface area contributed by atoms with Gasteiger partial charge in [0.15, 0.2) is 9.84 Å². The summed E-state index contributed by atoms with van der Waals surface area (Å²) in [5, 5.41) is 3.42. The summed E-state index contributed by atoms with van der Waals surface area (Å²) in [6, 6.07) is 18.0. The number of rotatable bonds is 6. The van der Waals surface area contributed by atoms with E-state index < -0.39 is 33.4 Å². The first-order valence-corrected chi connectivity index (χ1v) is 13.3. The second kappa shape index (κ2) is 11.5. The first-order chi connectivity index (χ1) is 17.1. The molecule has 0 aromatic heterocycles. The summed E-state index contributed by atoms with van der Waals surface area (Å²) in [6.45, 7) is 0.360. The van der Waals surface area contributed by atoms with E-state index in [9.17, 15) is 18.0 Å². The molecule has 0 saturated carbocycles. The van der Waals surface area contributed by atoms with Crippen molar-refractivity contribution in [1.82, 2.24) is 5.32 Å². The Balaban J connectivity index is 0.00000380. The number of nitrogens with two attached hydrogens (primary N) is 1. The molecule has 3 aromatic rings. The van der Waals surface area contributed by atoms with Crippen molar-refractivity contribution in [2.75, 3.05) is 29.6 Å². The van der Waals surface area contributed by atoms with Crippen LogP contribution in [0.5, 0.6) is 0 Å². The number of fused-ring (bicyclic) bond motifs is 1. The average Bonchev–Trinajstić information content (AvgIpc) is 2.92. The van der Waals surface area contributed by atoms with Crippen LogP contribution in [0.25, 0.3) is 0 Å². The minimum Gasteiger partial charge on any atom is -0.377 e. The molecule has 3 aromatic carbocycles. The number of carbonyl (C=O) groups is 2. The summed E-state index contributed by atoms with van der Waals surface area (Å²) in [5.41, 5.74) is 8.46. The lowest BCUT2D eigenvalue weighted by Crippen LogP contribution is -2.45. The second-order valence-corrected chi connectivity index (χ2v) is 11.3. The Morgan fingerprint density at radius 2 is 1.73 bits per heavy atom. The highest BCUT2D eigenvalue weighted by Gasteiger charge is 2.37. The van der Waals surface area contributed by atoms with Crippen LogP contribution in [0.4, 0.5) is 11.4 Å². The van der Waals surface area contributed by atoms with Gasteiger partial charge in [0.1, 0.15) is 0 Å². The third kappa shape index (κ3) is 6.24. The van der Waals surface area contributed by atoms with E-state index in [4.69, 9.17) is 17.3 Å². The van der Waals surface area contributed by atoms with E-state index in [1.807, 2.05) is 30.3 Å². The van der Waals surface area contributed by atoms with Crippen LogP contribution in [0, 0.1) is 0 Å². The van der Waals surface area contributed by atoms with Gasteiger partial charge in [0.25, 0.3) is 5.91 Å². The molecule has 2 amide bonds. The second-order valence-electron chi connectivity index (χ2n) is 8.84. The first-order valence-electron chi connectivity index (χ1n) is 11.3. The molecular formula is C26H28Cl2N4O4S. The highest BCUT2D eigenvalue weighted by molar-refractivity contribution is 7.91. The van der Waals surface area contributed by atoms with Crippen molar-refractivity contribution >= 4 is 57.0 Å². The maximum Gasteiger partial charge on any atom is 0.253 e. The van der Waals surface area contributed by atoms with Gasteiger partial charge >= 0.3 is 0 Å². The molecule has 3 N–H and O–H groups in total. The Morgan fingerprint density at radius 1 is 1.08 bits per heavy atom. The van der Waals surface area contributed by atoms with Crippen LogP contribution in [0.2, 0.25) is 5.02 Å². The van der Waals surface area contributed by atoms with E-state index in [1.165, 1.54) is 17.0 Å². The smallest absolute Gasteiger partial charge is 0.253 e. The summed E-state index contributed by atoms with van der Waals surface area (Å²) in [4.78, 5) is 29.5. The fraction of sp³-hybridized carbons (Fsp3) is 0.231. The fourth-order valence-electron chi connectivity index (χ4n) is 4.09. The van der Waals surface area contributed by atoms with Crippen molar-refractivity contribution in [2.24, 2.45) is 5.73 Å². The van der Waals surface area contributed by atoms with Crippen molar-refractivity contribution in [3.05, 3.63) is 88.4 Å². The van der Waals surface area contributed by atoms with E-state index in [2.05, 4.69) is 5.32 Å². The minimum absolute atomic E-state index is 0. The lowest BCUT2D eigenvalue weighted by molar-refractivity contribution is -0.119. The zero-order valence-electron chi connectivity index (χ0n) is 20.3. The minimum atomic E-state index is -3.91. The number of carbonyl (C=O) groups excluding carboxylic acids is 2. The van der Waals surface area contributed by atoms with E-state index in [1.54, 1.807) is 43.3 Å². The number of benzene rings is 3. The lowest BCUT2D eigenvalue weighted by Gasteiger charge is -2.26. The molecule has 4 rings (SSSR count). The van der Waals surface area contributed by atoms with Gasteiger partial charge in [-0.2, -0.15) is 0 Å². The number of nitrogens with zero attached hydrogens (tertiary/aromatic N) is 2. The van der Waals surface area contributed by atoms with Gasteiger partial charge in [-0.1, -0.05) is 54.1 Å². The normalized spacial score (nSPS) is 16.3. The molecule has 0 saturated heterocycles. The Morgan fingerprint density at radius 3 is 2.35 bits per heavy atom. The SMILES string of the molecule is CN(C)c1cc2c(cc1C(=O)NCc1ccccc1)N(Cc1ccc(Cl)cc1)C(=O)[C@@H](N)CS2(=O)=O.Cl. The topological polar surface area (TPSA) is 113 Å². The van der Waals surface area contributed by atoms with E-state index in [0.717, 1.165) is 11.1 Å². The number of anilines is 2. The van der Waals surface area contributed by atoms with Crippen molar-refractivity contribution in [3.8, 4) is 0 Å². The van der Waals surface area contributed by atoms with Crippen molar-refractivity contribution in [1.29, 1.82) is 0 Å². The van der Waals surface area contributed by atoms with Crippen LogP contribution in [0.1, 0.15) is 21.5 Å². The molecule has 0 bridgehead atoms. The predicted molar refractivity (Wildman–Crippen MR) is 148 cm³/mol. The summed E-state index contributed by atoms with van der Waals surface area (Å²) < 4.78 is 26.5. The number of nitrogens with one attached hydrogen (secondary N) is 1. The number of hydrogen-bond donors (Lipinski definition) is 2. The maximum absolute atomic E-state index is 13.3. The van der Waals surface area contributed by atoms with Crippen LogP contribution in [0.3, 0.4) is 0 Å². The molecule has 0 fully saturated rings. The maximum atomic E-state index is 13.3. The Hall–Kier alpha value is -3.11. The quantitative estimate of drug-likeness (QED) is 0.476. The van der Waals surface area contributed by atoms with Gasteiger partial charge in [0, 0.05) is 25.7 Å². The molecule has 1 atom stereocenters. The molecule has 0 spiro atoms.